The number of nitrogens with one attached hydrogen (secondary N) is 1. The third-order valence-electron chi connectivity index (χ3n) is 2.91. The highest BCUT2D eigenvalue weighted by Crippen LogP contribution is 2.12. The predicted molar refractivity (Wildman–Crippen MR) is 78.6 cm³/mol. The Morgan fingerprint density at radius 3 is 2.57 bits per heavy atom. The lowest BCUT2D eigenvalue weighted by Crippen LogP contribution is -2.26. The van der Waals surface area contributed by atoms with Crippen LogP contribution < -0.4 is 5.32 Å². The van der Waals surface area contributed by atoms with Gasteiger partial charge in [-0.05, 0) is 29.8 Å². The molecule has 0 aliphatic carbocycles. The number of carbonyl (C=O) groups excluding carboxylic acids is 2. The number of hydrogen-bond acceptors (Lipinski definition) is 6. The van der Waals surface area contributed by atoms with Gasteiger partial charge in [0.1, 0.15) is 6.61 Å². The van der Waals surface area contributed by atoms with Gasteiger partial charge in [-0.1, -0.05) is 0 Å². The van der Waals surface area contributed by atoms with E-state index in [1.165, 1.54) is 36.6 Å². The van der Waals surface area contributed by atoms with Gasteiger partial charge in [0, 0.05) is 18.7 Å². The van der Waals surface area contributed by atoms with E-state index >= 15 is 0 Å². The lowest BCUT2D eigenvalue weighted by molar-refractivity contribution is -0.384. The SMILES string of the molecule is O=C(CCNC(=O)c1ccco1)OCc1ccc([N+](=O)[O-])cc1. The number of esters is 1. The molecule has 1 aromatic carbocycles. The van der Waals surface area contributed by atoms with Crippen LogP contribution in [0.2, 0.25) is 0 Å². The topological polar surface area (TPSA) is 112 Å². The van der Waals surface area contributed by atoms with Gasteiger partial charge in [0.15, 0.2) is 5.76 Å². The molecule has 0 saturated heterocycles. The number of hydrogen-bond donors (Lipinski definition) is 1. The average molecular weight is 318 g/mol. The van der Waals surface area contributed by atoms with Gasteiger partial charge in [0.25, 0.3) is 11.6 Å². The van der Waals surface area contributed by atoms with Crippen LogP contribution in [-0.2, 0) is 16.1 Å². The molecule has 1 N–H and O–H groups in total. The van der Waals surface area contributed by atoms with Crippen molar-refractivity contribution in [2.45, 2.75) is 13.0 Å². The summed E-state index contributed by atoms with van der Waals surface area (Å²) in [6.07, 6.45) is 1.40. The van der Waals surface area contributed by atoms with Gasteiger partial charge in [-0.3, -0.25) is 19.7 Å². The van der Waals surface area contributed by atoms with Crippen LogP contribution in [0.15, 0.2) is 47.1 Å². The largest absolute Gasteiger partial charge is 0.461 e. The van der Waals surface area contributed by atoms with Gasteiger partial charge < -0.3 is 14.5 Å². The minimum absolute atomic E-state index is 0.0133. The Bertz CT molecular complexity index is 679. The zero-order valence-electron chi connectivity index (χ0n) is 12.1. The normalized spacial score (nSPS) is 10.1. The quantitative estimate of drug-likeness (QED) is 0.475. The first-order chi connectivity index (χ1) is 11.1. The van der Waals surface area contributed by atoms with Gasteiger partial charge in [0.05, 0.1) is 17.6 Å². The summed E-state index contributed by atoms with van der Waals surface area (Å²) in [5.41, 5.74) is 0.615. The van der Waals surface area contributed by atoms with Crippen LogP contribution in [0.1, 0.15) is 22.5 Å². The molecule has 2 rings (SSSR count). The van der Waals surface area contributed by atoms with E-state index in [0.717, 1.165) is 0 Å². The molecule has 1 heterocycles. The highest BCUT2D eigenvalue weighted by molar-refractivity contribution is 5.91. The van der Waals surface area contributed by atoms with E-state index in [0.29, 0.717) is 5.56 Å². The van der Waals surface area contributed by atoms with E-state index < -0.39 is 16.8 Å². The first kappa shape index (κ1) is 16.2. The highest BCUT2D eigenvalue weighted by atomic mass is 16.6. The summed E-state index contributed by atoms with van der Waals surface area (Å²) in [5, 5.41) is 13.0. The molecule has 120 valence electrons. The van der Waals surface area contributed by atoms with E-state index in [2.05, 4.69) is 5.32 Å². The molecule has 8 nitrogen and oxygen atoms in total. The Kier molecular flexibility index (Phi) is 5.45. The Morgan fingerprint density at radius 1 is 1.22 bits per heavy atom. The number of furan rings is 1. The van der Waals surface area contributed by atoms with Crippen molar-refractivity contribution >= 4 is 17.6 Å². The van der Waals surface area contributed by atoms with Crippen molar-refractivity contribution in [3.05, 3.63) is 64.1 Å². The first-order valence-corrected chi connectivity index (χ1v) is 6.77. The van der Waals surface area contributed by atoms with Crippen LogP contribution in [0.25, 0.3) is 0 Å². The molecule has 0 bridgehead atoms. The molecule has 0 aliphatic heterocycles. The molecule has 0 atom stereocenters. The molecule has 0 aliphatic rings. The Balaban J connectivity index is 1.68. The summed E-state index contributed by atoms with van der Waals surface area (Å²) in [6.45, 7) is 0.140. The molecular formula is C15H14N2O6. The Hall–Kier alpha value is -3.16. The van der Waals surface area contributed by atoms with Gasteiger partial charge in [-0.25, -0.2) is 0 Å². The Labute approximate surface area is 131 Å². The van der Waals surface area contributed by atoms with Crippen LogP contribution in [0.3, 0.4) is 0 Å². The first-order valence-electron chi connectivity index (χ1n) is 6.77. The molecular weight excluding hydrogens is 304 g/mol. The molecule has 0 radical (unpaired) electrons. The zero-order valence-corrected chi connectivity index (χ0v) is 12.1. The van der Waals surface area contributed by atoms with Gasteiger partial charge in [-0.15, -0.1) is 0 Å². The summed E-state index contributed by atoms with van der Waals surface area (Å²) >= 11 is 0. The number of ether oxygens (including phenoxy) is 1. The molecule has 0 unspecified atom stereocenters. The van der Waals surface area contributed by atoms with Crippen molar-refractivity contribution in [1.29, 1.82) is 0 Å². The summed E-state index contributed by atoms with van der Waals surface area (Å²) in [4.78, 5) is 33.1. The van der Waals surface area contributed by atoms with Crippen LogP contribution in [0.5, 0.6) is 0 Å². The van der Waals surface area contributed by atoms with Crippen molar-refractivity contribution in [2.75, 3.05) is 6.54 Å². The lowest BCUT2D eigenvalue weighted by atomic mass is 10.2. The average Bonchev–Trinajstić information content (AvgIpc) is 3.07. The maximum absolute atomic E-state index is 11.6. The van der Waals surface area contributed by atoms with Crippen LogP contribution >= 0.6 is 0 Å². The number of non-ortho nitro benzene ring substituents is 1. The van der Waals surface area contributed by atoms with Crippen LogP contribution in [0.4, 0.5) is 5.69 Å². The summed E-state index contributed by atoms with van der Waals surface area (Å²) in [7, 11) is 0. The van der Waals surface area contributed by atoms with Gasteiger partial charge >= 0.3 is 5.97 Å². The second kappa shape index (κ2) is 7.74. The number of rotatable bonds is 7. The maximum atomic E-state index is 11.6. The smallest absolute Gasteiger partial charge is 0.307 e. The fraction of sp³-hybridized carbons (Fsp3) is 0.200. The fourth-order valence-corrected chi connectivity index (χ4v) is 1.72. The highest BCUT2D eigenvalue weighted by Gasteiger charge is 2.10. The van der Waals surface area contributed by atoms with Gasteiger partial charge in [0.2, 0.25) is 0 Å². The fourth-order valence-electron chi connectivity index (χ4n) is 1.72. The molecule has 23 heavy (non-hydrogen) atoms. The lowest BCUT2D eigenvalue weighted by Gasteiger charge is -2.05. The van der Waals surface area contributed by atoms with Crippen molar-refractivity contribution in [3.63, 3.8) is 0 Å². The third-order valence-corrected chi connectivity index (χ3v) is 2.91. The number of benzene rings is 1. The van der Waals surface area contributed by atoms with E-state index in [-0.39, 0.29) is 31.0 Å². The number of nitro benzene ring substituents is 1. The van der Waals surface area contributed by atoms with E-state index in [1.807, 2.05) is 0 Å². The number of nitro groups is 1. The Morgan fingerprint density at radius 2 is 1.96 bits per heavy atom. The molecule has 1 aromatic heterocycles. The summed E-state index contributed by atoms with van der Waals surface area (Å²) in [6, 6.07) is 8.82. The molecule has 0 saturated carbocycles. The van der Waals surface area contributed by atoms with E-state index in [1.54, 1.807) is 6.07 Å². The van der Waals surface area contributed by atoms with Crippen molar-refractivity contribution in [2.24, 2.45) is 0 Å². The van der Waals surface area contributed by atoms with Crippen molar-refractivity contribution in [1.82, 2.24) is 5.32 Å². The van der Waals surface area contributed by atoms with E-state index in [9.17, 15) is 19.7 Å². The predicted octanol–water partition coefficient (Wildman–Crippen LogP) is 2.05. The van der Waals surface area contributed by atoms with E-state index in [4.69, 9.17) is 9.15 Å². The zero-order chi connectivity index (χ0) is 16.7. The number of amides is 1. The monoisotopic (exact) mass is 318 g/mol. The molecule has 1 amide bonds. The van der Waals surface area contributed by atoms with Gasteiger partial charge in [-0.2, -0.15) is 0 Å². The van der Waals surface area contributed by atoms with Crippen LogP contribution in [0, 0.1) is 10.1 Å². The minimum atomic E-state index is -0.502. The van der Waals surface area contributed by atoms with Crippen molar-refractivity contribution < 1.29 is 23.7 Å². The maximum Gasteiger partial charge on any atom is 0.307 e. The third kappa shape index (κ3) is 4.95. The standard InChI is InChI=1S/C15H14N2O6/c18-14(7-8-16-15(19)13-2-1-9-22-13)23-10-11-3-5-12(6-4-11)17(20)21/h1-6,9H,7-8,10H2,(H,16,19). The molecule has 0 fully saturated rings. The number of nitrogens with zero attached hydrogens (tertiary/aromatic N) is 1. The summed E-state index contributed by atoms with van der Waals surface area (Å²) < 4.78 is 9.93. The van der Waals surface area contributed by atoms with Crippen LogP contribution in [-0.4, -0.2) is 23.3 Å². The second-order valence-electron chi connectivity index (χ2n) is 4.57. The summed E-state index contributed by atoms with van der Waals surface area (Å²) in [5.74, 6) is -0.717. The number of carbonyl (C=O) groups is 2. The molecule has 2 aromatic rings. The molecule has 0 spiro atoms. The van der Waals surface area contributed by atoms with Crippen molar-refractivity contribution in [3.8, 4) is 0 Å². The second-order valence-corrected chi connectivity index (χ2v) is 4.57. The minimum Gasteiger partial charge on any atom is -0.461 e. The molecule has 8 heteroatoms.